The van der Waals surface area contributed by atoms with Gasteiger partial charge in [0.2, 0.25) is 0 Å². The van der Waals surface area contributed by atoms with Crippen LogP contribution in [0.4, 0.5) is 0 Å². The monoisotopic (exact) mass is 915 g/mol. The molecule has 0 aromatic carbocycles. The second-order valence-electron chi connectivity index (χ2n) is 19.6. The molecule has 6 heteroatoms. The molecule has 6 nitrogen and oxygen atoms in total. The maximum Gasteiger partial charge on any atom is 0.306 e. The standard InChI is InChI=1S/C59H110O6/c1-4-7-10-13-16-19-22-25-26-27-28-29-30-31-32-33-34-35-38-40-43-46-49-52-58(61)64-55-56(65-59(62)53-50-47-44-41-37-24-21-18-15-12-9-6-3)54-63-57(60)51-48-45-42-39-36-23-20-17-14-11-8-5-2/h22,25,27-28,56H,4-21,23-24,26,29-55H2,1-3H3/b25-22-,28-27-. The van der Waals surface area contributed by atoms with E-state index in [9.17, 15) is 14.4 Å². The number of hydrogen-bond donors (Lipinski definition) is 0. The smallest absolute Gasteiger partial charge is 0.306 e. The van der Waals surface area contributed by atoms with Gasteiger partial charge >= 0.3 is 17.9 Å². The van der Waals surface area contributed by atoms with E-state index >= 15 is 0 Å². The van der Waals surface area contributed by atoms with Gasteiger partial charge in [0.15, 0.2) is 6.10 Å². The third-order valence-electron chi connectivity index (χ3n) is 13.0. The first-order chi connectivity index (χ1) is 32.0. The molecule has 0 fully saturated rings. The van der Waals surface area contributed by atoms with Crippen LogP contribution >= 0.6 is 0 Å². The predicted octanol–water partition coefficient (Wildman–Crippen LogP) is 19.1. The maximum atomic E-state index is 12.8. The van der Waals surface area contributed by atoms with Gasteiger partial charge in [0.1, 0.15) is 13.2 Å². The van der Waals surface area contributed by atoms with Gasteiger partial charge in [-0.05, 0) is 51.4 Å². The minimum atomic E-state index is -0.765. The lowest BCUT2D eigenvalue weighted by Gasteiger charge is -2.18. The van der Waals surface area contributed by atoms with E-state index in [-0.39, 0.29) is 31.1 Å². The molecule has 0 aliphatic heterocycles. The molecule has 0 aromatic heterocycles. The van der Waals surface area contributed by atoms with Crippen molar-refractivity contribution in [3.05, 3.63) is 24.3 Å². The van der Waals surface area contributed by atoms with Crippen LogP contribution < -0.4 is 0 Å². The molecule has 1 atom stereocenters. The van der Waals surface area contributed by atoms with Crippen molar-refractivity contribution in [2.45, 2.75) is 322 Å². The van der Waals surface area contributed by atoms with Crippen LogP contribution in [0.1, 0.15) is 316 Å². The Kier molecular flexibility index (Phi) is 52.7. The fourth-order valence-electron chi connectivity index (χ4n) is 8.59. The Hall–Kier alpha value is -2.11. The Balaban J connectivity index is 4.22. The molecular weight excluding hydrogens is 805 g/mol. The zero-order chi connectivity index (χ0) is 47.2. The molecule has 0 rings (SSSR count). The van der Waals surface area contributed by atoms with Gasteiger partial charge in [0.25, 0.3) is 0 Å². The lowest BCUT2D eigenvalue weighted by Crippen LogP contribution is -2.30. The van der Waals surface area contributed by atoms with Crippen molar-refractivity contribution in [3.63, 3.8) is 0 Å². The van der Waals surface area contributed by atoms with Crippen molar-refractivity contribution < 1.29 is 28.6 Å². The van der Waals surface area contributed by atoms with Crippen molar-refractivity contribution >= 4 is 17.9 Å². The molecule has 0 bridgehead atoms. The first-order valence-electron chi connectivity index (χ1n) is 28.8. The Morgan fingerprint density at radius 3 is 0.846 bits per heavy atom. The van der Waals surface area contributed by atoms with E-state index < -0.39 is 6.10 Å². The minimum Gasteiger partial charge on any atom is -0.462 e. The van der Waals surface area contributed by atoms with Gasteiger partial charge in [-0.25, -0.2) is 0 Å². The van der Waals surface area contributed by atoms with E-state index in [0.29, 0.717) is 19.3 Å². The van der Waals surface area contributed by atoms with Crippen molar-refractivity contribution in [3.8, 4) is 0 Å². The zero-order valence-corrected chi connectivity index (χ0v) is 43.8. The summed E-state index contributed by atoms with van der Waals surface area (Å²) in [5.74, 6) is -0.850. The van der Waals surface area contributed by atoms with Crippen LogP contribution in [0.5, 0.6) is 0 Å². The van der Waals surface area contributed by atoms with Crippen LogP contribution in [0.25, 0.3) is 0 Å². The van der Waals surface area contributed by atoms with E-state index in [4.69, 9.17) is 14.2 Å². The van der Waals surface area contributed by atoms with Gasteiger partial charge in [-0.2, -0.15) is 0 Å². The number of allylic oxidation sites excluding steroid dienone is 4. The van der Waals surface area contributed by atoms with Crippen LogP contribution in [-0.2, 0) is 28.6 Å². The Labute approximate surface area is 404 Å². The van der Waals surface area contributed by atoms with E-state index in [1.165, 1.54) is 212 Å². The van der Waals surface area contributed by atoms with Gasteiger partial charge < -0.3 is 14.2 Å². The van der Waals surface area contributed by atoms with Gasteiger partial charge in [0, 0.05) is 19.3 Å². The van der Waals surface area contributed by atoms with Crippen LogP contribution in [-0.4, -0.2) is 37.2 Å². The van der Waals surface area contributed by atoms with Gasteiger partial charge in [0.05, 0.1) is 0 Å². The third kappa shape index (κ3) is 52.7. The van der Waals surface area contributed by atoms with Crippen LogP contribution in [0.2, 0.25) is 0 Å². The Bertz CT molecular complexity index is 1050. The van der Waals surface area contributed by atoms with E-state index in [0.717, 1.165) is 64.2 Å². The van der Waals surface area contributed by atoms with Crippen molar-refractivity contribution in [1.82, 2.24) is 0 Å². The molecule has 0 heterocycles. The average molecular weight is 916 g/mol. The van der Waals surface area contributed by atoms with Crippen molar-refractivity contribution in [2.24, 2.45) is 0 Å². The first kappa shape index (κ1) is 62.9. The second-order valence-corrected chi connectivity index (χ2v) is 19.6. The highest BCUT2D eigenvalue weighted by molar-refractivity contribution is 5.71. The topological polar surface area (TPSA) is 78.9 Å². The minimum absolute atomic E-state index is 0.0661. The summed E-state index contributed by atoms with van der Waals surface area (Å²) >= 11 is 0. The molecule has 0 spiro atoms. The molecule has 0 N–H and O–H groups in total. The summed E-state index contributed by atoms with van der Waals surface area (Å²) in [5.41, 5.74) is 0. The lowest BCUT2D eigenvalue weighted by atomic mass is 10.0. The summed E-state index contributed by atoms with van der Waals surface area (Å²) in [6, 6.07) is 0. The Morgan fingerprint density at radius 1 is 0.308 bits per heavy atom. The molecule has 382 valence electrons. The molecule has 0 amide bonds. The molecule has 0 aromatic rings. The van der Waals surface area contributed by atoms with Crippen molar-refractivity contribution in [2.75, 3.05) is 13.2 Å². The summed E-state index contributed by atoms with van der Waals surface area (Å²) in [4.78, 5) is 38.0. The molecule has 0 aliphatic carbocycles. The van der Waals surface area contributed by atoms with Crippen LogP contribution in [0.3, 0.4) is 0 Å². The van der Waals surface area contributed by atoms with E-state index in [1.54, 1.807) is 0 Å². The summed E-state index contributed by atoms with van der Waals surface area (Å²) in [6.07, 6.45) is 63.1. The SMILES string of the molecule is CCCCCCC/C=C\C/C=C\CCCCCCCCCCCCCC(=O)OCC(COC(=O)CCCCCCCCCCCCCC)OC(=O)CCCCCCCCCCCCCC. The van der Waals surface area contributed by atoms with Crippen LogP contribution in [0.15, 0.2) is 24.3 Å². The zero-order valence-electron chi connectivity index (χ0n) is 43.8. The summed E-state index contributed by atoms with van der Waals surface area (Å²) < 4.78 is 16.8. The molecule has 1 unspecified atom stereocenters. The van der Waals surface area contributed by atoms with Gasteiger partial charge in [-0.3, -0.25) is 14.4 Å². The number of carbonyl (C=O) groups is 3. The predicted molar refractivity (Wildman–Crippen MR) is 279 cm³/mol. The Morgan fingerprint density at radius 2 is 0.554 bits per heavy atom. The lowest BCUT2D eigenvalue weighted by molar-refractivity contribution is -0.167. The highest BCUT2D eigenvalue weighted by atomic mass is 16.6. The number of ether oxygens (including phenoxy) is 3. The number of unbranched alkanes of at least 4 members (excludes halogenated alkanes) is 38. The molecule has 0 saturated carbocycles. The van der Waals surface area contributed by atoms with E-state index in [1.807, 2.05) is 0 Å². The number of carbonyl (C=O) groups excluding carboxylic acids is 3. The molecule has 0 saturated heterocycles. The number of esters is 3. The maximum absolute atomic E-state index is 12.8. The summed E-state index contributed by atoms with van der Waals surface area (Å²) in [5, 5.41) is 0. The number of hydrogen-bond acceptors (Lipinski definition) is 6. The van der Waals surface area contributed by atoms with E-state index in [2.05, 4.69) is 45.1 Å². The summed E-state index contributed by atoms with van der Waals surface area (Å²) in [7, 11) is 0. The highest BCUT2D eigenvalue weighted by Crippen LogP contribution is 2.17. The fourth-order valence-corrected chi connectivity index (χ4v) is 8.59. The fraction of sp³-hybridized carbons (Fsp3) is 0.881. The van der Waals surface area contributed by atoms with Gasteiger partial charge in [-0.15, -0.1) is 0 Å². The second kappa shape index (κ2) is 54.5. The third-order valence-corrected chi connectivity index (χ3v) is 13.0. The largest absolute Gasteiger partial charge is 0.462 e. The van der Waals surface area contributed by atoms with Gasteiger partial charge in [-0.1, -0.05) is 270 Å². The first-order valence-corrected chi connectivity index (χ1v) is 28.8. The average Bonchev–Trinajstić information content (AvgIpc) is 3.30. The van der Waals surface area contributed by atoms with Crippen LogP contribution in [0, 0.1) is 0 Å². The van der Waals surface area contributed by atoms with Crippen molar-refractivity contribution in [1.29, 1.82) is 0 Å². The molecular formula is C59H110O6. The quantitative estimate of drug-likeness (QED) is 0.0262. The normalized spacial score (nSPS) is 12.1. The molecule has 65 heavy (non-hydrogen) atoms. The number of rotatable bonds is 53. The molecule has 0 aliphatic rings. The summed E-state index contributed by atoms with van der Waals surface area (Å²) in [6.45, 7) is 6.66. The highest BCUT2D eigenvalue weighted by Gasteiger charge is 2.19. The molecule has 0 radical (unpaired) electrons.